The number of alkyl halides is 6. The topological polar surface area (TPSA) is 27.7 Å². The van der Waals surface area contributed by atoms with Crippen molar-refractivity contribution in [2.24, 2.45) is 0 Å². The molecule has 0 spiro atoms. The van der Waals surface area contributed by atoms with Gasteiger partial charge in [-0.1, -0.05) is 0 Å². The number of hydrogen-bond donors (Lipinski definition) is 0. The van der Waals surface area contributed by atoms with Crippen LogP contribution < -0.4 is 0 Å². The summed E-state index contributed by atoms with van der Waals surface area (Å²) >= 11 is 0. The summed E-state index contributed by atoms with van der Waals surface area (Å²) in [5.74, 6) is 0. The Hall–Kier alpha value is -1.10. The Balaban J connectivity index is 3.15. The smallest absolute Gasteiger partial charge is 0.377 e. The van der Waals surface area contributed by atoms with Crippen LogP contribution in [0.4, 0.5) is 26.3 Å². The minimum Gasteiger partial charge on any atom is -0.377 e. The van der Waals surface area contributed by atoms with E-state index in [1.54, 1.807) is 13.8 Å². The Morgan fingerprint density at radius 2 is 1.28 bits per heavy atom. The second-order valence-corrected chi connectivity index (χ2v) is 8.02. The molecule has 0 bridgehead atoms. The molecule has 0 aliphatic carbocycles. The van der Waals surface area contributed by atoms with Crippen LogP contribution in [0.5, 0.6) is 0 Å². The molecule has 0 amide bonds. The lowest BCUT2D eigenvalue weighted by Crippen LogP contribution is -2.45. The Morgan fingerprint density at radius 1 is 0.840 bits per heavy atom. The lowest BCUT2D eigenvalue weighted by Gasteiger charge is -2.27. The van der Waals surface area contributed by atoms with Crippen molar-refractivity contribution in [3.63, 3.8) is 0 Å². The molecule has 1 aromatic carbocycles. The minimum absolute atomic E-state index is 0.0732. The van der Waals surface area contributed by atoms with Crippen LogP contribution in [0.1, 0.15) is 30.5 Å². The first-order valence-corrected chi connectivity index (χ1v) is 9.52. The molecule has 3 nitrogen and oxygen atoms in total. The fraction of sp³-hybridized carbons (Fsp3) is 0.600. The SMILES string of the molecule is CCO[Si](CCc1cc(C(F)(F)F)cc(C(F)(F)F)c1)(OC)OCC. The zero-order valence-electron chi connectivity index (χ0n) is 14.1. The quantitative estimate of drug-likeness (QED) is 0.466. The molecule has 0 fully saturated rings. The number of benzene rings is 1. The molecule has 0 aromatic heterocycles. The van der Waals surface area contributed by atoms with E-state index in [2.05, 4.69) is 0 Å². The van der Waals surface area contributed by atoms with E-state index in [1.165, 1.54) is 7.11 Å². The van der Waals surface area contributed by atoms with Crippen molar-refractivity contribution in [3.05, 3.63) is 34.9 Å². The molecule has 0 unspecified atom stereocenters. The van der Waals surface area contributed by atoms with Crippen LogP contribution in [0.15, 0.2) is 18.2 Å². The highest BCUT2D eigenvalue weighted by Crippen LogP contribution is 2.36. The van der Waals surface area contributed by atoms with E-state index < -0.39 is 32.3 Å². The highest BCUT2D eigenvalue weighted by atomic mass is 28.4. The summed E-state index contributed by atoms with van der Waals surface area (Å²) in [6.45, 7) is 3.92. The van der Waals surface area contributed by atoms with Gasteiger partial charge in [0.25, 0.3) is 0 Å². The monoisotopic (exact) mass is 390 g/mol. The van der Waals surface area contributed by atoms with Crippen molar-refractivity contribution in [2.75, 3.05) is 20.3 Å². The summed E-state index contributed by atoms with van der Waals surface area (Å²) in [5.41, 5.74) is -2.78. The lowest BCUT2D eigenvalue weighted by molar-refractivity contribution is -0.143. The maximum absolute atomic E-state index is 12.9. The zero-order valence-corrected chi connectivity index (χ0v) is 15.1. The van der Waals surface area contributed by atoms with E-state index in [1.807, 2.05) is 0 Å². The van der Waals surface area contributed by atoms with Gasteiger partial charge in [-0.2, -0.15) is 26.3 Å². The van der Waals surface area contributed by atoms with Crippen LogP contribution >= 0.6 is 0 Å². The van der Waals surface area contributed by atoms with Gasteiger partial charge in [-0.25, -0.2) is 0 Å². The summed E-state index contributed by atoms with van der Waals surface area (Å²) in [7, 11) is -1.79. The van der Waals surface area contributed by atoms with Gasteiger partial charge in [-0.3, -0.25) is 0 Å². The van der Waals surface area contributed by atoms with E-state index in [0.29, 0.717) is 12.1 Å². The molecule has 1 aromatic rings. The Labute approximate surface area is 143 Å². The van der Waals surface area contributed by atoms with Gasteiger partial charge >= 0.3 is 21.2 Å². The van der Waals surface area contributed by atoms with E-state index in [9.17, 15) is 26.3 Å². The van der Waals surface area contributed by atoms with Gasteiger partial charge in [0.2, 0.25) is 0 Å². The fourth-order valence-corrected chi connectivity index (χ4v) is 4.59. The predicted molar refractivity (Wildman–Crippen MR) is 81.0 cm³/mol. The fourth-order valence-electron chi connectivity index (χ4n) is 2.31. The van der Waals surface area contributed by atoms with Crippen LogP contribution in [-0.2, 0) is 32.1 Å². The maximum Gasteiger partial charge on any atom is 0.501 e. The van der Waals surface area contributed by atoms with Crippen molar-refractivity contribution in [2.45, 2.75) is 38.7 Å². The number of aryl methyl sites for hydroxylation is 1. The number of hydrogen-bond acceptors (Lipinski definition) is 3. The standard InChI is InChI=1S/C15H20F6O3Si/c1-4-23-25(22-3,24-5-2)7-6-11-8-12(14(16,17)18)10-13(9-11)15(19,20)21/h8-10H,4-7H2,1-3H3. The number of halogens is 6. The van der Waals surface area contributed by atoms with Crippen LogP contribution in [0.2, 0.25) is 6.04 Å². The molecule has 0 heterocycles. The molecule has 0 saturated carbocycles. The molecule has 0 N–H and O–H groups in total. The van der Waals surface area contributed by atoms with Crippen molar-refractivity contribution in [1.82, 2.24) is 0 Å². The first kappa shape index (κ1) is 21.9. The largest absolute Gasteiger partial charge is 0.501 e. The van der Waals surface area contributed by atoms with Crippen LogP contribution in [-0.4, -0.2) is 29.1 Å². The Morgan fingerprint density at radius 3 is 1.60 bits per heavy atom. The predicted octanol–water partition coefficient (Wildman–Crippen LogP) is 4.93. The molecular weight excluding hydrogens is 370 g/mol. The van der Waals surface area contributed by atoms with Crippen LogP contribution in [0.25, 0.3) is 0 Å². The van der Waals surface area contributed by atoms with Gasteiger partial charge in [0.05, 0.1) is 11.1 Å². The molecule has 0 aliphatic heterocycles. The third kappa shape index (κ3) is 6.28. The van der Waals surface area contributed by atoms with Gasteiger partial charge < -0.3 is 13.3 Å². The second kappa shape index (κ2) is 8.52. The van der Waals surface area contributed by atoms with E-state index in [4.69, 9.17) is 13.3 Å². The maximum atomic E-state index is 12.9. The lowest BCUT2D eigenvalue weighted by atomic mass is 10.0. The summed E-state index contributed by atoms with van der Waals surface area (Å²) < 4.78 is 93.6. The van der Waals surface area contributed by atoms with Crippen molar-refractivity contribution >= 4 is 8.80 Å². The Bertz CT molecular complexity index is 521. The molecule has 0 radical (unpaired) electrons. The van der Waals surface area contributed by atoms with Gasteiger partial charge in [-0.15, -0.1) is 0 Å². The van der Waals surface area contributed by atoms with Crippen molar-refractivity contribution < 1.29 is 39.6 Å². The highest BCUT2D eigenvalue weighted by Gasteiger charge is 2.40. The third-order valence-electron chi connectivity index (χ3n) is 3.41. The Kier molecular flexibility index (Phi) is 7.48. The van der Waals surface area contributed by atoms with E-state index in [0.717, 1.165) is 0 Å². The molecular formula is C15H20F6O3Si. The van der Waals surface area contributed by atoms with Gasteiger partial charge in [-0.05, 0) is 44.0 Å². The summed E-state index contributed by atoms with van der Waals surface area (Å²) in [4.78, 5) is 0. The highest BCUT2D eigenvalue weighted by molar-refractivity contribution is 6.60. The average molecular weight is 390 g/mol. The van der Waals surface area contributed by atoms with Crippen molar-refractivity contribution in [3.8, 4) is 0 Å². The van der Waals surface area contributed by atoms with Gasteiger partial charge in [0, 0.05) is 26.4 Å². The summed E-state index contributed by atoms with van der Waals surface area (Å²) in [5, 5.41) is 0. The third-order valence-corrected chi connectivity index (χ3v) is 6.35. The van der Waals surface area contributed by atoms with E-state index in [-0.39, 0.29) is 37.3 Å². The first-order chi connectivity index (χ1) is 11.5. The summed E-state index contributed by atoms with van der Waals surface area (Å²) in [6, 6.07) is 1.60. The average Bonchev–Trinajstić information content (AvgIpc) is 2.51. The van der Waals surface area contributed by atoms with E-state index >= 15 is 0 Å². The van der Waals surface area contributed by atoms with Crippen molar-refractivity contribution in [1.29, 1.82) is 0 Å². The molecule has 0 saturated heterocycles. The minimum atomic E-state index is -4.87. The zero-order chi connectivity index (χ0) is 19.3. The molecule has 10 heteroatoms. The first-order valence-electron chi connectivity index (χ1n) is 7.59. The molecule has 0 atom stereocenters. The molecule has 0 aliphatic rings. The van der Waals surface area contributed by atoms with Gasteiger partial charge in [0.1, 0.15) is 0 Å². The molecule has 1 rings (SSSR count). The number of rotatable bonds is 8. The molecule has 25 heavy (non-hydrogen) atoms. The van der Waals surface area contributed by atoms with Crippen LogP contribution in [0.3, 0.4) is 0 Å². The second-order valence-electron chi connectivity index (χ2n) is 5.17. The van der Waals surface area contributed by atoms with Gasteiger partial charge in [0.15, 0.2) is 0 Å². The van der Waals surface area contributed by atoms with Crippen LogP contribution in [0, 0.1) is 0 Å². The molecule has 144 valence electrons. The summed E-state index contributed by atoms with van der Waals surface area (Å²) in [6.07, 6.45) is -9.83. The normalized spacial score (nSPS) is 13.3.